The maximum Gasteiger partial charge on any atom is 0.152 e. The predicted molar refractivity (Wildman–Crippen MR) is 45.4 cm³/mol. The first-order valence-corrected chi connectivity index (χ1v) is 3.57. The molecule has 0 saturated carbocycles. The van der Waals surface area contributed by atoms with Crippen molar-refractivity contribution in [2.24, 2.45) is 0 Å². The van der Waals surface area contributed by atoms with Gasteiger partial charge in [0.1, 0.15) is 5.75 Å². The summed E-state index contributed by atoms with van der Waals surface area (Å²) in [6.45, 7) is 0. The molecule has 0 amide bonds. The minimum atomic E-state index is 0.167. The van der Waals surface area contributed by atoms with Crippen LogP contribution in [0, 0.1) is 0 Å². The van der Waals surface area contributed by atoms with Crippen LogP contribution >= 0.6 is 0 Å². The van der Waals surface area contributed by atoms with E-state index in [-0.39, 0.29) is 5.75 Å². The number of benzene rings is 1. The van der Waals surface area contributed by atoms with E-state index in [2.05, 4.69) is 4.98 Å². The van der Waals surface area contributed by atoms with E-state index in [9.17, 15) is 9.90 Å². The molecule has 1 heterocycles. The van der Waals surface area contributed by atoms with Crippen molar-refractivity contribution in [3.05, 3.63) is 30.0 Å². The summed E-state index contributed by atoms with van der Waals surface area (Å²) in [7, 11) is 0. The van der Waals surface area contributed by atoms with Crippen molar-refractivity contribution in [2.45, 2.75) is 0 Å². The minimum absolute atomic E-state index is 0.167. The number of para-hydroxylation sites is 1. The van der Waals surface area contributed by atoms with Crippen molar-refractivity contribution in [1.29, 1.82) is 0 Å². The summed E-state index contributed by atoms with van der Waals surface area (Å²) in [5.41, 5.74) is 1.18. The summed E-state index contributed by atoms with van der Waals surface area (Å²) in [6, 6.07) is 5.07. The van der Waals surface area contributed by atoms with Gasteiger partial charge in [-0.3, -0.25) is 4.79 Å². The molecule has 3 nitrogen and oxygen atoms in total. The smallest absolute Gasteiger partial charge is 0.152 e. The Labute approximate surface area is 68.6 Å². The van der Waals surface area contributed by atoms with Crippen LogP contribution in [0.5, 0.6) is 5.75 Å². The van der Waals surface area contributed by atoms with E-state index in [0.29, 0.717) is 11.1 Å². The second kappa shape index (κ2) is 2.37. The number of phenolic OH excluding ortho intramolecular Hbond substituents is 1. The standard InChI is InChI=1S/C9H7NO2/c11-5-6-4-10-9-7(6)2-1-3-8(9)12/h1-5,10,12H. The van der Waals surface area contributed by atoms with E-state index in [1.54, 1.807) is 24.4 Å². The number of H-pyrrole nitrogens is 1. The van der Waals surface area contributed by atoms with Crippen LogP contribution < -0.4 is 0 Å². The number of aromatic hydroxyl groups is 1. The molecule has 1 aromatic carbocycles. The molecule has 2 aromatic rings. The molecule has 0 aliphatic carbocycles. The molecular weight excluding hydrogens is 154 g/mol. The molecular formula is C9H7NO2. The lowest BCUT2D eigenvalue weighted by atomic mass is 10.2. The van der Waals surface area contributed by atoms with Gasteiger partial charge in [-0.15, -0.1) is 0 Å². The van der Waals surface area contributed by atoms with Crippen LogP contribution in [-0.2, 0) is 0 Å². The zero-order valence-corrected chi connectivity index (χ0v) is 6.24. The van der Waals surface area contributed by atoms with E-state index in [4.69, 9.17) is 0 Å². The number of nitrogens with one attached hydrogen (secondary N) is 1. The van der Waals surface area contributed by atoms with Gasteiger partial charge in [0.15, 0.2) is 6.29 Å². The van der Waals surface area contributed by atoms with Crippen molar-refractivity contribution < 1.29 is 9.90 Å². The number of aromatic amines is 1. The number of carbonyl (C=O) groups is 1. The van der Waals surface area contributed by atoms with Gasteiger partial charge in [-0.2, -0.15) is 0 Å². The van der Waals surface area contributed by atoms with Crippen molar-refractivity contribution in [2.75, 3.05) is 0 Å². The summed E-state index contributed by atoms with van der Waals surface area (Å²) in [5.74, 6) is 0.167. The lowest BCUT2D eigenvalue weighted by Gasteiger charge is -1.92. The molecule has 0 atom stereocenters. The normalized spacial score (nSPS) is 10.3. The molecule has 0 fully saturated rings. The van der Waals surface area contributed by atoms with E-state index < -0.39 is 0 Å². The fraction of sp³-hybridized carbons (Fsp3) is 0. The summed E-state index contributed by atoms with van der Waals surface area (Å²) < 4.78 is 0. The van der Waals surface area contributed by atoms with Gasteiger partial charge in [0.2, 0.25) is 0 Å². The Balaban J connectivity index is 2.88. The van der Waals surface area contributed by atoms with Crippen LogP contribution in [-0.4, -0.2) is 16.4 Å². The number of phenols is 1. The fourth-order valence-corrected chi connectivity index (χ4v) is 1.26. The highest BCUT2D eigenvalue weighted by Crippen LogP contribution is 2.24. The summed E-state index contributed by atoms with van der Waals surface area (Å²) in [4.78, 5) is 13.3. The maximum atomic E-state index is 10.5. The quantitative estimate of drug-likeness (QED) is 0.625. The Morgan fingerprint density at radius 2 is 2.25 bits per heavy atom. The van der Waals surface area contributed by atoms with Crippen molar-refractivity contribution in [3.63, 3.8) is 0 Å². The van der Waals surface area contributed by atoms with Gasteiger partial charge in [0.05, 0.1) is 5.52 Å². The van der Waals surface area contributed by atoms with E-state index in [1.807, 2.05) is 0 Å². The molecule has 0 aliphatic heterocycles. The van der Waals surface area contributed by atoms with Crippen LogP contribution in [0.2, 0.25) is 0 Å². The van der Waals surface area contributed by atoms with Crippen LogP contribution in [0.3, 0.4) is 0 Å². The summed E-state index contributed by atoms with van der Waals surface area (Å²) in [6.07, 6.45) is 2.34. The van der Waals surface area contributed by atoms with E-state index in [0.717, 1.165) is 11.7 Å². The third-order valence-corrected chi connectivity index (χ3v) is 1.85. The average molecular weight is 161 g/mol. The molecule has 0 spiro atoms. The molecule has 2 rings (SSSR count). The summed E-state index contributed by atoms with van der Waals surface area (Å²) in [5, 5.41) is 10.1. The molecule has 3 heteroatoms. The number of hydrogen-bond acceptors (Lipinski definition) is 2. The van der Waals surface area contributed by atoms with Gasteiger partial charge in [-0.1, -0.05) is 12.1 Å². The Morgan fingerprint density at radius 3 is 3.00 bits per heavy atom. The van der Waals surface area contributed by atoms with Gasteiger partial charge in [-0.25, -0.2) is 0 Å². The second-order valence-electron chi connectivity index (χ2n) is 2.56. The highest BCUT2D eigenvalue weighted by atomic mass is 16.3. The van der Waals surface area contributed by atoms with Gasteiger partial charge >= 0.3 is 0 Å². The molecule has 0 radical (unpaired) electrons. The molecule has 0 unspecified atom stereocenters. The first-order chi connectivity index (χ1) is 5.83. The average Bonchev–Trinajstić information content (AvgIpc) is 2.49. The zero-order valence-electron chi connectivity index (χ0n) is 6.24. The Morgan fingerprint density at radius 1 is 1.42 bits per heavy atom. The van der Waals surface area contributed by atoms with Crippen LogP contribution in [0.4, 0.5) is 0 Å². The van der Waals surface area contributed by atoms with Crippen molar-refractivity contribution >= 4 is 17.2 Å². The maximum absolute atomic E-state index is 10.5. The highest BCUT2D eigenvalue weighted by molar-refractivity contribution is 5.99. The van der Waals surface area contributed by atoms with Crippen molar-refractivity contribution in [1.82, 2.24) is 4.98 Å². The van der Waals surface area contributed by atoms with Crippen LogP contribution in [0.25, 0.3) is 10.9 Å². The number of hydrogen-bond donors (Lipinski definition) is 2. The topological polar surface area (TPSA) is 53.1 Å². The van der Waals surface area contributed by atoms with Crippen LogP contribution in [0.15, 0.2) is 24.4 Å². The monoisotopic (exact) mass is 161 g/mol. The molecule has 2 N–H and O–H groups in total. The number of aromatic nitrogens is 1. The van der Waals surface area contributed by atoms with Gasteiger partial charge < -0.3 is 10.1 Å². The first-order valence-electron chi connectivity index (χ1n) is 3.57. The van der Waals surface area contributed by atoms with Crippen molar-refractivity contribution in [3.8, 4) is 5.75 Å². The third-order valence-electron chi connectivity index (χ3n) is 1.85. The number of aldehydes is 1. The number of rotatable bonds is 1. The van der Waals surface area contributed by atoms with Gasteiger partial charge in [0, 0.05) is 17.1 Å². The van der Waals surface area contributed by atoms with Gasteiger partial charge in [-0.05, 0) is 6.07 Å². The lowest BCUT2D eigenvalue weighted by molar-refractivity contribution is 0.112. The number of carbonyl (C=O) groups excluding carboxylic acids is 1. The molecule has 60 valence electrons. The summed E-state index contributed by atoms with van der Waals surface area (Å²) >= 11 is 0. The number of fused-ring (bicyclic) bond motifs is 1. The molecule has 12 heavy (non-hydrogen) atoms. The molecule has 0 aliphatic rings. The Bertz CT molecular complexity index is 431. The van der Waals surface area contributed by atoms with E-state index in [1.165, 1.54) is 0 Å². The second-order valence-corrected chi connectivity index (χ2v) is 2.56. The van der Waals surface area contributed by atoms with Gasteiger partial charge in [0.25, 0.3) is 0 Å². The first kappa shape index (κ1) is 6.91. The largest absolute Gasteiger partial charge is 0.506 e. The third kappa shape index (κ3) is 0.797. The van der Waals surface area contributed by atoms with Crippen LogP contribution in [0.1, 0.15) is 10.4 Å². The Hall–Kier alpha value is -1.77. The zero-order chi connectivity index (χ0) is 8.55. The lowest BCUT2D eigenvalue weighted by Crippen LogP contribution is -1.73. The van der Waals surface area contributed by atoms with E-state index >= 15 is 0 Å². The molecule has 1 aromatic heterocycles. The fourth-order valence-electron chi connectivity index (χ4n) is 1.26. The Kier molecular flexibility index (Phi) is 1.37. The molecule has 0 bridgehead atoms. The SMILES string of the molecule is O=Cc1c[nH]c2c(O)cccc12. The molecule has 0 saturated heterocycles. The highest BCUT2D eigenvalue weighted by Gasteiger charge is 2.04. The predicted octanol–water partition coefficient (Wildman–Crippen LogP) is 1.69. The minimum Gasteiger partial charge on any atom is -0.506 e.